The number of halogens is 2. The van der Waals surface area contributed by atoms with Gasteiger partial charge in [0.05, 0.1) is 22.8 Å². The average molecular weight is 498 g/mol. The largest absolute Gasteiger partial charge is 0.391 e. The maximum absolute atomic E-state index is 12.6. The Hall–Kier alpha value is -1.64. The number of aliphatic hydroxyl groups excluding tert-OH is 1. The molecule has 2 saturated heterocycles. The van der Waals surface area contributed by atoms with E-state index in [0.29, 0.717) is 55.8 Å². The Kier molecular flexibility index (Phi) is 10.0. The maximum atomic E-state index is 12.6. The van der Waals surface area contributed by atoms with E-state index in [1.165, 1.54) is 6.08 Å². The van der Waals surface area contributed by atoms with Crippen LogP contribution in [0.4, 0.5) is 0 Å². The Morgan fingerprint density at radius 3 is 2.73 bits per heavy atom. The van der Waals surface area contributed by atoms with Gasteiger partial charge in [-0.25, -0.2) is 0 Å². The van der Waals surface area contributed by atoms with E-state index in [4.69, 9.17) is 27.9 Å². The molecule has 0 spiro atoms. The van der Waals surface area contributed by atoms with Gasteiger partial charge < -0.3 is 24.5 Å². The van der Waals surface area contributed by atoms with E-state index in [9.17, 15) is 14.7 Å². The molecular formula is C24H33Cl2N3O4. The second-order valence-corrected chi connectivity index (χ2v) is 9.50. The first-order valence-corrected chi connectivity index (χ1v) is 12.2. The molecule has 0 unspecified atom stereocenters. The van der Waals surface area contributed by atoms with Gasteiger partial charge in [-0.3, -0.25) is 9.59 Å². The summed E-state index contributed by atoms with van der Waals surface area (Å²) in [6, 6.07) is 5.20. The molecule has 2 aliphatic heterocycles. The molecule has 9 heteroatoms. The van der Waals surface area contributed by atoms with E-state index in [2.05, 4.69) is 4.90 Å². The Balaban J connectivity index is 1.43. The molecule has 2 amide bonds. The maximum Gasteiger partial charge on any atom is 0.246 e. The standard InChI is InChI=1S/C24H33Cl2N3O4/c1-33-17-19-7-11-27(16-22(19)30)9-2-10-28-13-14-29(12-8-24(28)32)23(31)6-4-18-3-5-20(25)21(26)15-18/h3-6,15,19,22,30H,2,7-14,16-17H2,1H3/b6-4+/t19-,22-/m0/s1. The lowest BCUT2D eigenvalue weighted by Gasteiger charge is -2.36. The summed E-state index contributed by atoms with van der Waals surface area (Å²) in [6.07, 6.45) is 4.95. The third-order valence-corrected chi connectivity index (χ3v) is 7.09. The minimum absolute atomic E-state index is 0.0811. The monoisotopic (exact) mass is 497 g/mol. The molecule has 1 N–H and O–H groups in total. The fourth-order valence-corrected chi connectivity index (χ4v) is 4.66. The van der Waals surface area contributed by atoms with E-state index in [0.717, 1.165) is 31.5 Å². The van der Waals surface area contributed by atoms with E-state index >= 15 is 0 Å². The van der Waals surface area contributed by atoms with Gasteiger partial charge in [-0.2, -0.15) is 0 Å². The highest BCUT2D eigenvalue weighted by atomic mass is 35.5. The number of amides is 2. The van der Waals surface area contributed by atoms with Gasteiger partial charge in [0, 0.05) is 58.2 Å². The summed E-state index contributed by atoms with van der Waals surface area (Å²) in [7, 11) is 1.66. The molecule has 7 nitrogen and oxygen atoms in total. The molecule has 2 aliphatic rings. The first-order valence-electron chi connectivity index (χ1n) is 11.5. The first-order chi connectivity index (χ1) is 15.9. The number of methoxy groups -OCH3 is 1. The lowest BCUT2D eigenvalue weighted by Crippen LogP contribution is -2.46. The van der Waals surface area contributed by atoms with Crippen molar-refractivity contribution in [3.8, 4) is 0 Å². The summed E-state index contributed by atoms with van der Waals surface area (Å²) in [5, 5.41) is 11.2. The zero-order valence-corrected chi connectivity index (χ0v) is 20.6. The van der Waals surface area contributed by atoms with Crippen LogP contribution in [0.25, 0.3) is 6.08 Å². The molecule has 2 atom stereocenters. The zero-order chi connectivity index (χ0) is 23.8. The smallest absolute Gasteiger partial charge is 0.246 e. The van der Waals surface area contributed by atoms with Crippen LogP contribution >= 0.6 is 23.2 Å². The number of β-amino-alcohol motifs (C(OH)–C–C–N with tert-alkyl or cyclic N) is 1. The van der Waals surface area contributed by atoms with Gasteiger partial charge in [-0.15, -0.1) is 0 Å². The summed E-state index contributed by atoms with van der Waals surface area (Å²) in [5.74, 6) is 0.161. The number of hydrogen-bond acceptors (Lipinski definition) is 5. The number of aliphatic hydroxyl groups is 1. The fraction of sp³-hybridized carbons (Fsp3) is 0.583. The van der Waals surface area contributed by atoms with Crippen LogP contribution in [0.2, 0.25) is 10.0 Å². The van der Waals surface area contributed by atoms with Gasteiger partial charge in [0.25, 0.3) is 0 Å². The van der Waals surface area contributed by atoms with Crippen molar-refractivity contribution in [2.45, 2.75) is 25.4 Å². The summed E-state index contributed by atoms with van der Waals surface area (Å²) in [5.41, 5.74) is 0.793. The first kappa shape index (κ1) is 26.0. The van der Waals surface area contributed by atoms with E-state index in [1.54, 1.807) is 36.3 Å². The van der Waals surface area contributed by atoms with Gasteiger partial charge in [0.1, 0.15) is 0 Å². The number of rotatable bonds is 8. The molecule has 2 heterocycles. The normalized spacial score (nSPS) is 22.7. The van der Waals surface area contributed by atoms with Gasteiger partial charge in [-0.1, -0.05) is 29.3 Å². The van der Waals surface area contributed by atoms with Crippen LogP contribution in [0.15, 0.2) is 24.3 Å². The molecule has 0 bridgehead atoms. The molecule has 0 radical (unpaired) electrons. The highest BCUT2D eigenvalue weighted by Gasteiger charge is 2.28. The van der Waals surface area contributed by atoms with Crippen molar-refractivity contribution in [3.63, 3.8) is 0 Å². The number of hydrogen-bond donors (Lipinski definition) is 1. The van der Waals surface area contributed by atoms with Crippen molar-refractivity contribution in [1.29, 1.82) is 0 Å². The number of carbonyl (C=O) groups excluding carboxylic acids is 2. The highest BCUT2D eigenvalue weighted by molar-refractivity contribution is 6.42. The number of ether oxygens (including phenoxy) is 1. The van der Waals surface area contributed by atoms with E-state index < -0.39 is 0 Å². The molecule has 1 aromatic carbocycles. The van der Waals surface area contributed by atoms with Crippen molar-refractivity contribution in [2.75, 3.05) is 59.5 Å². The summed E-state index contributed by atoms with van der Waals surface area (Å²) in [4.78, 5) is 31.0. The molecule has 0 aliphatic carbocycles. The van der Waals surface area contributed by atoms with Gasteiger partial charge in [-0.05, 0) is 49.7 Å². The van der Waals surface area contributed by atoms with Gasteiger partial charge in [0.2, 0.25) is 11.8 Å². The molecule has 0 aromatic heterocycles. The number of benzene rings is 1. The van der Waals surface area contributed by atoms with Crippen LogP contribution in [-0.2, 0) is 14.3 Å². The summed E-state index contributed by atoms with van der Waals surface area (Å²) < 4.78 is 5.18. The Morgan fingerprint density at radius 1 is 1.18 bits per heavy atom. The van der Waals surface area contributed by atoms with Crippen LogP contribution in [0.3, 0.4) is 0 Å². The third kappa shape index (κ3) is 7.69. The molecule has 33 heavy (non-hydrogen) atoms. The van der Waals surface area contributed by atoms with Crippen molar-refractivity contribution in [2.24, 2.45) is 5.92 Å². The van der Waals surface area contributed by atoms with Crippen molar-refractivity contribution in [3.05, 3.63) is 39.9 Å². The van der Waals surface area contributed by atoms with Crippen LogP contribution in [0, 0.1) is 5.92 Å². The number of nitrogens with zero attached hydrogens (tertiary/aromatic N) is 3. The Morgan fingerprint density at radius 2 is 2.00 bits per heavy atom. The lowest BCUT2D eigenvalue weighted by atomic mass is 9.94. The Labute approximate surface area is 205 Å². The SMILES string of the molecule is COC[C@@H]1CCN(CCCN2CCN(C(=O)/C=C/c3ccc(Cl)c(Cl)c3)CCC2=O)C[C@@H]1O. The van der Waals surface area contributed by atoms with Crippen molar-refractivity contribution >= 4 is 41.1 Å². The number of likely N-dealkylation sites (tertiary alicyclic amines) is 1. The summed E-state index contributed by atoms with van der Waals surface area (Å²) >= 11 is 12.0. The average Bonchev–Trinajstić information content (AvgIpc) is 2.98. The Bertz CT molecular complexity index is 851. The van der Waals surface area contributed by atoms with Crippen LogP contribution in [0.1, 0.15) is 24.8 Å². The number of piperidine rings is 1. The third-order valence-electron chi connectivity index (χ3n) is 6.35. The molecule has 0 saturated carbocycles. The van der Waals surface area contributed by atoms with Crippen LogP contribution < -0.4 is 0 Å². The molecule has 1 aromatic rings. The fourth-order valence-electron chi connectivity index (χ4n) is 4.35. The molecule has 3 rings (SSSR count). The predicted octanol–water partition coefficient (Wildman–Crippen LogP) is 2.79. The predicted molar refractivity (Wildman–Crippen MR) is 130 cm³/mol. The summed E-state index contributed by atoms with van der Waals surface area (Å²) in [6.45, 7) is 5.14. The zero-order valence-electron chi connectivity index (χ0n) is 19.1. The molecule has 2 fully saturated rings. The van der Waals surface area contributed by atoms with Crippen molar-refractivity contribution < 1.29 is 19.4 Å². The van der Waals surface area contributed by atoms with Crippen LogP contribution in [-0.4, -0.2) is 97.3 Å². The minimum Gasteiger partial charge on any atom is -0.391 e. The highest BCUT2D eigenvalue weighted by Crippen LogP contribution is 2.23. The topological polar surface area (TPSA) is 73.3 Å². The quantitative estimate of drug-likeness (QED) is 0.559. The van der Waals surface area contributed by atoms with Crippen LogP contribution in [0.5, 0.6) is 0 Å². The molecular weight excluding hydrogens is 465 g/mol. The van der Waals surface area contributed by atoms with E-state index in [-0.39, 0.29) is 23.8 Å². The van der Waals surface area contributed by atoms with Crippen molar-refractivity contribution in [1.82, 2.24) is 14.7 Å². The second-order valence-electron chi connectivity index (χ2n) is 8.69. The second kappa shape index (κ2) is 12.7. The van der Waals surface area contributed by atoms with Gasteiger partial charge >= 0.3 is 0 Å². The number of carbonyl (C=O) groups is 2. The van der Waals surface area contributed by atoms with E-state index in [1.807, 2.05) is 4.90 Å². The minimum atomic E-state index is -0.366. The molecule has 182 valence electrons. The van der Waals surface area contributed by atoms with Gasteiger partial charge in [0.15, 0.2) is 0 Å². The lowest BCUT2D eigenvalue weighted by molar-refractivity contribution is -0.130.